The first kappa shape index (κ1) is 20.6. The van der Waals surface area contributed by atoms with E-state index in [2.05, 4.69) is 0 Å². The second-order valence-electron chi connectivity index (χ2n) is 6.34. The summed E-state index contributed by atoms with van der Waals surface area (Å²) in [6.45, 7) is 0.858. The van der Waals surface area contributed by atoms with Gasteiger partial charge in [-0.2, -0.15) is 0 Å². The van der Waals surface area contributed by atoms with E-state index in [1.807, 2.05) is 6.29 Å². The molecule has 21 heavy (non-hydrogen) atoms. The third kappa shape index (κ3) is 19.6. The molecule has 0 saturated heterocycles. The summed E-state index contributed by atoms with van der Waals surface area (Å²) >= 11 is 0. The Morgan fingerprint density at radius 2 is 0.762 bits per heavy atom. The van der Waals surface area contributed by atoms with Gasteiger partial charge in [-0.3, -0.25) is 4.79 Å². The van der Waals surface area contributed by atoms with E-state index in [4.69, 9.17) is 5.73 Å². The van der Waals surface area contributed by atoms with E-state index < -0.39 is 0 Å². The average Bonchev–Trinajstić information content (AvgIpc) is 2.50. The van der Waals surface area contributed by atoms with E-state index in [1.54, 1.807) is 0 Å². The largest absolute Gasteiger partial charge is 0.330 e. The molecule has 0 amide bonds. The first-order valence-corrected chi connectivity index (χ1v) is 9.47. The van der Waals surface area contributed by atoms with Crippen LogP contribution in [-0.4, -0.2) is 12.8 Å². The van der Waals surface area contributed by atoms with Crippen LogP contribution in [0.1, 0.15) is 109 Å². The monoisotopic (exact) mass is 296 g/mol. The maximum atomic E-state index is 10.0. The Labute approximate surface area is 133 Å². The van der Waals surface area contributed by atoms with Crippen LogP contribution in [0.2, 0.25) is 0 Å². The highest BCUT2D eigenvalue weighted by molar-refractivity contribution is 5.50. The maximum Gasteiger partial charge on any atom is 0.198 e. The van der Waals surface area contributed by atoms with Gasteiger partial charge in [0.25, 0.3) is 0 Å². The summed E-state index contributed by atoms with van der Waals surface area (Å²) in [4.78, 5) is 10.0. The standard InChI is InChI=1S/C19H38NO/c20-18-16-14-12-10-8-6-4-2-1-3-5-7-9-11-13-15-17-19-21/h1-18,20H2. The van der Waals surface area contributed by atoms with Gasteiger partial charge in [-0.25, -0.2) is 0 Å². The molecule has 125 valence electrons. The minimum Gasteiger partial charge on any atom is -0.330 e. The first-order chi connectivity index (χ1) is 10.4. The van der Waals surface area contributed by atoms with Crippen LogP contribution in [0, 0.1) is 0 Å². The third-order valence-corrected chi connectivity index (χ3v) is 4.23. The second-order valence-corrected chi connectivity index (χ2v) is 6.34. The van der Waals surface area contributed by atoms with Gasteiger partial charge in [0.2, 0.25) is 0 Å². The number of nitrogens with two attached hydrogens (primary N) is 1. The Hall–Kier alpha value is -0.370. The van der Waals surface area contributed by atoms with E-state index in [-0.39, 0.29) is 0 Å². The van der Waals surface area contributed by atoms with Crippen molar-refractivity contribution in [2.75, 3.05) is 6.54 Å². The van der Waals surface area contributed by atoms with E-state index in [0.29, 0.717) is 6.42 Å². The number of hydrogen-bond acceptors (Lipinski definition) is 2. The van der Waals surface area contributed by atoms with Gasteiger partial charge in [0, 0.05) is 6.42 Å². The highest BCUT2D eigenvalue weighted by Crippen LogP contribution is 2.13. The summed E-state index contributed by atoms with van der Waals surface area (Å²) in [5, 5.41) is 0. The topological polar surface area (TPSA) is 43.1 Å². The van der Waals surface area contributed by atoms with Gasteiger partial charge in [0.15, 0.2) is 6.29 Å². The fraction of sp³-hybridized carbons (Fsp3) is 0.947. The van der Waals surface area contributed by atoms with Crippen molar-refractivity contribution in [2.24, 2.45) is 5.73 Å². The number of carbonyl (C=O) groups excluding carboxylic acids is 1. The summed E-state index contributed by atoms with van der Waals surface area (Å²) < 4.78 is 0. The van der Waals surface area contributed by atoms with Gasteiger partial charge >= 0.3 is 0 Å². The Kier molecular flexibility index (Phi) is 19.3. The predicted molar refractivity (Wildman–Crippen MR) is 93.2 cm³/mol. The van der Waals surface area contributed by atoms with Crippen LogP contribution >= 0.6 is 0 Å². The van der Waals surface area contributed by atoms with Gasteiger partial charge in [0.1, 0.15) is 0 Å². The molecule has 0 unspecified atom stereocenters. The van der Waals surface area contributed by atoms with Crippen LogP contribution in [0.3, 0.4) is 0 Å². The fourth-order valence-corrected chi connectivity index (χ4v) is 2.82. The lowest BCUT2D eigenvalue weighted by Crippen LogP contribution is -1.97. The zero-order chi connectivity index (χ0) is 15.4. The van der Waals surface area contributed by atoms with Crippen LogP contribution in [-0.2, 0) is 4.79 Å². The molecular weight excluding hydrogens is 258 g/mol. The van der Waals surface area contributed by atoms with Crippen molar-refractivity contribution in [3.63, 3.8) is 0 Å². The van der Waals surface area contributed by atoms with Crippen LogP contribution in [0.4, 0.5) is 0 Å². The summed E-state index contributed by atoms with van der Waals surface area (Å²) in [6, 6.07) is 0. The van der Waals surface area contributed by atoms with E-state index in [9.17, 15) is 4.79 Å². The van der Waals surface area contributed by atoms with E-state index in [0.717, 1.165) is 13.0 Å². The molecular formula is C19H38NO. The van der Waals surface area contributed by atoms with Crippen LogP contribution < -0.4 is 5.73 Å². The van der Waals surface area contributed by atoms with Crippen molar-refractivity contribution in [3.05, 3.63) is 0 Å². The van der Waals surface area contributed by atoms with Gasteiger partial charge in [0.05, 0.1) is 0 Å². The summed E-state index contributed by atoms with van der Waals surface area (Å²) in [7, 11) is 0. The maximum absolute atomic E-state index is 10.0. The van der Waals surface area contributed by atoms with Crippen LogP contribution in [0.5, 0.6) is 0 Å². The van der Waals surface area contributed by atoms with Gasteiger partial charge in [-0.1, -0.05) is 89.9 Å². The predicted octanol–water partition coefficient (Wildman–Crippen LogP) is 5.69. The molecule has 0 bridgehead atoms. The molecule has 0 saturated carbocycles. The Bertz CT molecular complexity index is 194. The van der Waals surface area contributed by atoms with Gasteiger partial charge < -0.3 is 5.73 Å². The lowest BCUT2D eigenvalue weighted by Gasteiger charge is -2.03. The second kappa shape index (κ2) is 19.6. The molecule has 0 aromatic heterocycles. The molecule has 0 aliphatic carbocycles. The average molecular weight is 297 g/mol. The van der Waals surface area contributed by atoms with Gasteiger partial charge in [-0.05, 0) is 19.4 Å². The van der Waals surface area contributed by atoms with E-state index in [1.165, 1.54) is 96.3 Å². The molecule has 1 radical (unpaired) electrons. The SMILES string of the molecule is NCCCCCCCCCCCCCCCCCC[C]=O. The molecule has 2 heteroatoms. The molecule has 0 aliphatic heterocycles. The van der Waals surface area contributed by atoms with Crippen molar-refractivity contribution in [1.82, 2.24) is 0 Å². The number of unbranched alkanes of at least 4 members (excludes halogenated alkanes) is 16. The molecule has 2 N–H and O–H groups in total. The fourth-order valence-electron chi connectivity index (χ4n) is 2.82. The van der Waals surface area contributed by atoms with Crippen molar-refractivity contribution in [2.45, 2.75) is 109 Å². The zero-order valence-corrected chi connectivity index (χ0v) is 14.2. The lowest BCUT2D eigenvalue weighted by atomic mass is 10.0. The molecule has 0 rings (SSSR count). The van der Waals surface area contributed by atoms with Crippen molar-refractivity contribution >= 4 is 6.29 Å². The molecule has 0 aromatic rings. The summed E-state index contributed by atoms with van der Waals surface area (Å²) in [5.74, 6) is 0. The molecule has 0 atom stereocenters. The van der Waals surface area contributed by atoms with Crippen molar-refractivity contribution in [1.29, 1.82) is 0 Å². The molecule has 0 heterocycles. The zero-order valence-electron chi connectivity index (χ0n) is 14.2. The molecule has 0 fully saturated rings. The van der Waals surface area contributed by atoms with Crippen LogP contribution in [0.15, 0.2) is 0 Å². The highest BCUT2D eigenvalue weighted by Gasteiger charge is 1.94. The highest BCUT2D eigenvalue weighted by atomic mass is 16.1. The van der Waals surface area contributed by atoms with Crippen molar-refractivity contribution < 1.29 is 4.79 Å². The molecule has 0 aromatic carbocycles. The minimum atomic E-state index is 0.632. The number of hydrogen-bond donors (Lipinski definition) is 1. The quantitative estimate of drug-likeness (QED) is 0.330. The summed E-state index contributed by atoms with van der Waals surface area (Å²) in [6.07, 6.45) is 24.1. The van der Waals surface area contributed by atoms with Gasteiger partial charge in [-0.15, -0.1) is 0 Å². The van der Waals surface area contributed by atoms with E-state index >= 15 is 0 Å². The minimum absolute atomic E-state index is 0.632. The Morgan fingerprint density at radius 3 is 1.05 bits per heavy atom. The molecule has 2 nitrogen and oxygen atoms in total. The first-order valence-electron chi connectivity index (χ1n) is 9.47. The lowest BCUT2D eigenvalue weighted by molar-refractivity contribution is 0.525. The Balaban J connectivity index is 2.91. The number of rotatable bonds is 18. The smallest absolute Gasteiger partial charge is 0.198 e. The normalized spacial score (nSPS) is 10.9. The molecule has 0 spiro atoms. The Morgan fingerprint density at radius 1 is 0.476 bits per heavy atom. The van der Waals surface area contributed by atoms with Crippen LogP contribution in [0.25, 0.3) is 0 Å². The molecule has 0 aliphatic rings. The third-order valence-electron chi connectivity index (χ3n) is 4.23. The summed E-state index contributed by atoms with van der Waals surface area (Å²) in [5.41, 5.74) is 5.48. The van der Waals surface area contributed by atoms with Crippen molar-refractivity contribution in [3.8, 4) is 0 Å².